The lowest BCUT2D eigenvalue weighted by Gasteiger charge is -2.10. The lowest BCUT2D eigenvalue weighted by atomic mass is 10.00. The first-order valence-electron chi connectivity index (χ1n) is 7.86. The fourth-order valence-electron chi connectivity index (χ4n) is 2.85. The van der Waals surface area contributed by atoms with Crippen LogP contribution in [0, 0.1) is 0 Å². The summed E-state index contributed by atoms with van der Waals surface area (Å²) < 4.78 is 5.11. The van der Waals surface area contributed by atoms with Crippen molar-refractivity contribution >= 4 is 16.7 Å². The van der Waals surface area contributed by atoms with E-state index in [1.165, 1.54) is 0 Å². The Hall–Kier alpha value is -3.47. The van der Waals surface area contributed by atoms with E-state index in [9.17, 15) is 0 Å². The lowest BCUT2D eigenvalue weighted by Crippen LogP contribution is -1.96. The first-order chi connectivity index (χ1) is 12.3. The molecule has 3 heterocycles. The second-order valence-electron chi connectivity index (χ2n) is 5.63. The largest absolute Gasteiger partial charge is 0.481 e. The third kappa shape index (κ3) is 2.76. The Bertz CT molecular complexity index is 1040. The highest BCUT2D eigenvalue weighted by Crippen LogP contribution is 2.32. The molecule has 0 aliphatic carbocycles. The molecule has 0 saturated carbocycles. The summed E-state index contributed by atoms with van der Waals surface area (Å²) in [7, 11) is 1.59. The number of aromatic nitrogens is 3. The number of pyridine rings is 3. The van der Waals surface area contributed by atoms with Crippen LogP contribution in [0.5, 0.6) is 5.88 Å². The fourth-order valence-corrected chi connectivity index (χ4v) is 2.85. The topological polar surface area (TPSA) is 73.9 Å². The minimum absolute atomic E-state index is 0.462. The third-order valence-corrected chi connectivity index (χ3v) is 4.12. The van der Waals surface area contributed by atoms with Gasteiger partial charge in [0, 0.05) is 52.3 Å². The van der Waals surface area contributed by atoms with Gasteiger partial charge in [-0.3, -0.25) is 4.98 Å². The Morgan fingerprint density at radius 1 is 0.840 bits per heavy atom. The molecule has 2 N–H and O–H groups in total. The number of rotatable bonds is 3. The Morgan fingerprint density at radius 3 is 2.48 bits per heavy atom. The number of anilines is 1. The minimum Gasteiger partial charge on any atom is -0.481 e. The third-order valence-electron chi connectivity index (χ3n) is 4.12. The number of benzene rings is 1. The molecule has 0 radical (unpaired) electrons. The molecule has 25 heavy (non-hydrogen) atoms. The maximum absolute atomic E-state index is 6.10. The monoisotopic (exact) mass is 328 g/mol. The van der Waals surface area contributed by atoms with Crippen molar-refractivity contribution in [2.45, 2.75) is 0 Å². The smallest absolute Gasteiger partial charge is 0.212 e. The van der Waals surface area contributed by atoms with E-state index in [4.69, 9.17) is 10.5 Å². The summed E-state index contributed by atoms with van der Waals surface area (Å²) in [5.74, 6) is 1.02. The van der Waals surface area contributed by atoms with Crippen LogP contribution in [0.15, 0.2) is 67.1 Å². The van der Waals surface area contributed by atoms with Crippen molar-refractivity contribution < 1.29 is 4.74 Å². The van der Waals surface area contributed by atoms with Gasteiger partial charge >= 0.3 is 0 Å². The van der Waals surface area contributed by atoms with Crippen LogP contribution in [-0.2, 0) is 0 Å². The standard InChI is InChI=1S/C20H16N4O/c1-25-18-8-7-14(11-23-18)17-10-15(12-24-20(17)21)16-6-2-4-13-5-3-9-22-19(13)16/h2-12H,1H3,(H2,21,24). The minimum atomic E-state index is 0.462. The van der Waals surface area contributed by atoms with Gasteiger partial charge in [0.25, 0.3) is 0 Å². The van der Waals surface area contributed by atoms with E-state index < -0.39 is 0 Å². The summed E-state index contributed by atoms with van der Waals surface area (Å²) >= 11 is 0. The quantitative estimate of drug-likeness (QED) is 0.616. The van der Waals surface area contributed by atoms with Crippen molar-refractivity contribution in [1.29, 1.82) is 0 Å². The first-order valence-corrected chi connectivity index (χ1v) is 7.86. The van der Waals surface area contributed by atoms with Crippen LogP contribution in [0.25, 0.3) is 33.2 Å². The van der Waals surface area contributed by atoms with Crippen LogP contribution < -0.4 is 10.5 Å². The Balaban J connectivity index is 1.86. The van der Waals surface area contributed by atoms with E-state index in [-0.39, 0.29) is 0 Å². The predicted molar refractivity (Wildman–Crippen MR) is 99.2 cm³/mol. The van der Waals surface area contributed by atoms with Crippen LogP contribution in [0.3, 0.4) is 0 Å². The van der Waals surface area contributed by atoms with Gasteiger partial charge in [-0.15, -0.1) is 0 Å². The van der Waals surface area contributed by atoms with E-state index in [0.29, 0.717) is 11.7 Å². The number of nitrogens with two attached hydrogens (primary N) is 1. The fraction of sp³-hybridized carbons (Fsp3) is 0.0500. The zero-order valence-corrected chi connectivity index (χ0v) is 13.7. The van der Waals surface area contributed by atoms with Gasteiger partial charge in [-0.2, -0.15) is 0 Å². The van der Waals surface area contributed by atoms with Gasteiger partial charge in [-0.25, -0.2) is 9.97 Å². The number of nitrogens with zero attached hydrogens (tertiary/aromatic N) is 3. The Labute approximate surface area is 145 Å². The van der Waals surface area contributed by atoms with Crippen molar-refractivity contribution in [2.24, 2.45) is 0 Å². The molecule has 0 spiro atoms. The van der Waals surface area contributed by atoms with Crippen molar-refractivity contribution in [2.75, 3.05) is 12.8 Å². The van der Waals surface area contributed by atoms with Crippen LogP contribution in [0.1, 0.15) is 0 Å². The van der Waals surface area contributed by atoms with E-state index in [2.05, 4.69) is 15.0 Å². The number of nitrogen functional groups attached to an aromatic ring is 1. The zero-order valence-electron chi connectivity index (χ0n) is 13.7. The molecule has 0 amide bonds. The summed E-state index contributed by atoms with van der Waals surface area (Å²) in [6, 6.07) is 15.8. The van der Waals surface area contributed by atoms with Gasteiger partial charge in [-0.05, 0) is 18.2 Å². The van der Waals surface area contributed by atoms with Crippen LogP contribution in [-0.4, -0.2) is 22.1 Å². The van der Waals surface area contributed by atoms with E-state index >= 15 is 0 Å². The summed E-state index contributed by atoms with van der Waals surface area (Å²) in [5, 5.41) is 1.09. The van der Waals surface area contributed by atoms with Crippen LogP contribution in [0.4, 0.5) is 5.82 Å². The molecule has 0 unspecified atom stereocenters. The predicted octanol–water partition coefficient (Wildman–Crippen LogP) is 3.95. The summed E-state index contributed by atoms with van der Waals surface area (Å²) in [4.78, 5) is 13.1. The molecule has 0 aliphatic heterocycles. The number of hydrogen-bond donors (Lipinski definition) is 1. The second-order valence-corrected chi connectivity index (χ2v) is 5.63. The molecular weight excluding hydrogens is 312 g/mol. The number of para-hydroxylation sites is 1. The highest BCUT2D eigenvalue weighted by molar-refractivity contribution is 5.94. The molecule has 1 aromatic carbocycles. The Kier molecular flexibility index (Phi) is 3.74. The van der Waals surface area contributed by atoms with Crippen LogP contribution in [0.2, 0.25) is 0 Å². The van der Waals surface area contributed by atoms with Crippen molar-refractivity contribution in [3.8, 4) is 28.1 Å². The average Bonchev–Trinajstić information content (AvgIpc) is 2.68. The van der Waals surface area contributed by atoms with Crippen molar-refractivity contribution in [1.82, 2.24) is 15.0 Å². The summed E-state index contributed by atoms with van der Waals surface area (Å²) in [6.07, 6.45) is 5.31. The van der Waals surface area contributed by atoms with Gasteiger partial charge in [0.2, 0.25) is 5.88 Å². The molecule has 5 heteroatoms. The first kappa shape index (κ1) is 15.1. The van der Waals surface area contributed by atoms with Crippen molar-refractivity contribution in [3.05, 3.63) is 67.1 Å². The number of ether oxygens (including phenoxy) is 1. The normalized spacial score (nSPS) is 10.8. The highest BCUT2D eigenvalue weighted by Gasteiger charge is 2.10. The van der Waals surface area contributed by atoms with Gasteiger partial charge in [0.1, 0.15) is 5.82 Å². The number of methoxy groups -OCH3 is 1. The van der Waals surface area contributed by atoms with E-state index in [0.717, 1.165) is 33.2 Å². The van der Waals surface area contributed by atoms with Crippen molar-refractivity contribution in [3.63, 3.8) is 0 Å². The van der Waals surface area contributed by atoms with Crippen LogP contribution >= 0.6 is 0 Å². The molecule has 4 aromatic rings. The molecule has 3 aromatic heterocycles. The van der Waals surface area contributed by atoms with E-state index in [1.807, 2.05) is 42.5 Å². The molecule has 0 aliphatic rings. The van der Waals surface area contributed by atoms with Gasteiger partial charge in [0.15, 0.2) is 0 Å². The molecule has 0 bridgehead atoms. The molecular formula is C20H16N4O. The summed E-state index contributed by atoms with van der Waals surface area (Å²) in [6.45, 7) is 0. The lowest BCUT2D eigenvalue weighted by molar-refractivity contribution is 0.398. The molecule has 0 saturated heterocycles. The number of hydrogen-bond acceptors (Lipinski definition) is 5. The molecule has 0 atom stereocenters. The SMILES string of the molecule is COc1ccc(-c2cc(-c3cccc4cccnc34)cnc2N)cn1. The molecule has 5 nitrogen and oxygen atoms in total. The maximum Gasteiger partial charge on any atom is 0.212 e. The van der Waals surface area contributed by atoms with Gasteiger partial charge in [0.05, 0.1) is 12.6 Å². The molecule has 122 valence electrons. The summed E-state index contributed by atoms with van der Waals surface area (Å²) in [5.41, 5.74) is 10.7. The average molecular weight is 328 g/mol. The Morgan fingerprint density at radius 2 is 1.68 bits per heavy atom. The zero-order chi connectivity index (χ0) is 17.2. The molecule has 4 rings (SSSR count). The second kappa shape index (κ2) is 6.20. The molecule has 0 fully saturated rings. The van der Waals surface area contributed by atoms with E-state index in [1.54, 1.807) is 31.8 Å². The highest BCUT2D eigenvalue weighted by atomic mass is 16.5. The van der Waals surface area contributed by atoms with Gasteiger partial charge < -0.3 is 10.5 Å². The van der Waals surface area contributed by atoms with Gasteiger partial charge in [-0.1, -0.05) is 24.3 Å². The maximum atomic E-state index is 6.10. The number of fused-ring (bicyclic) bond motifs is 1.